The van der Waals surface area contributed by atoms with Crippen LogP contribution >= 0.6 is 0 Å². The topological polar surface area (TPSA) is 40.6 Å². The number of carbonyl (C=O) groups excluding carboxylic acids is 2. The molecule has 0 unspecified atom stereocenters. The second-order valence-electron chi connectivity index (χ2n) is 5.00. The van der Waals surface area contributed by atoms with E-state index in [2.05, 4.69) is 0 Å². The average Bonchev–Trinajstić information content (AvgIpc) is 2.57. The van der Waals surface area contributed by atoms with Gasteiger partial charge < -0.3 is 0 Å². The molecule has 0 aromatic heterocycles. The van der Waals surface area contributed by atoms with Crippen LogP contribution in [0.15, 0.2) is 24.3 Å². The summed E-state index contributed by atoms with van der Waals surface area (Å²) in [6.07, 6.45) is 0. The van der Waals surface area contributed by atoms with Gasteiger partial charge in [-0.05, 0) is 0 Å². The van der Waals surface area contributed by atoms with E-state index in [1.54, 1.807) is 12.1 Å². The number of benzene rings is 1. The van der Waals surface area contributed by atoms with E-state index in [9.17, 15) is 14.0 Å². The first kappa shape index (κ1) is 21.7. The summed E-state index contributed by atoms with van der Waals surface area (Å²) < 4.78 is 13.6. The van der Waals surface area contributed by atoms with Crippen molar-refractivity contribution >= 4 is 49.8 Å². The zero-order chi connectivity index (χ0) is 18.1. The van der Waals surface area contributed by atoms with Crippen LogP contribution in [0.1, 0.15) is 35.3 Å². The van der Waals surface area contributed by atoms with Gasteiger partial charge in [-0.15, -0.1) is 0 Å². The van der Waals surface area contributed by atoms with E-state index in [4.69, 9.17) is 0 Å². The summed E-state index contributed by atoms with van der Waals surface area (Å²) in [4.78, 5) is 28.8. The van der Waals surface area contributed by atoms with Gasteiger partial charge in [0.1, 0.15) is 0 Å². The molecule has 2 amide bonds. The number of hydrogen-bond acceptors (Lipinski definition) is 2. The summed E-state index contributed by atoms with van der Waals surface area (Å²) in [7, 11) is 0. The van der Waals surface area contributed by atoms with Crippen LogP contribution in [-0.2, 0) is 0 Å². The molecule has 0 N–H and O–H groups in total. The molecule has 0 heterocycles. The van der Waals surface area contributed by atoms with Crippen LogP contribution < -0.4 is 0 Å². The van der Waals surface area contributed by atoms with Gasteiger partial charge in [0.25, 0.3) is 0 Å². The minimum atomic E-state index is -1.05. The zero-order valence-corrected chi connectivity index (χ0v) is 19.3. The first-order valence-electron chi connectivity index (χ1n) is 8.13. The molecule has 0 spiro atoms. The van der Waals surface area contributed by atoms with Gasteiger partial charge in [0.05, 0.1) is 0 Å². The van der Waals surface area contributed by atoms with Crippen LogP contribution in [0.3, 0.4) is 0 Å². The van der Waals surface area contributed by atoms with Gasteiger partial charge in [0.15, 0.2) is 0 Å². The van der Waals surface area contributed by atoms with Crippen molar-refractivity contribution < 1.29 is 14.0 Å². The van der Waals surface area contributed by atoms with Gasteiger partial charge in [-0.25, -0.2) is 0 Å². The van der Waals surface area contributed by atoms with Crippen molar-refractivity contribution in [1.29, 1.82) is 0 Å². The van der Waals surface area contributed by atoms with Crippen molar-refractivity contribution in [2.45, 2.75) is 29.7 Å². The van der Waals surface area contributed by atoms with Crippen molar-refractivity contribution in [3.8, 4) is 0 Å². The van der Waals surface area contributed by atoms with Crippen molar-refractivity contribution in [2.24, 2.45) is 0 Å². The Balaban J connectivity index is 2.96. The Morgan fingerprint density at radius 3 is 1.58 bits per heavy atom. The quantitative estimate of drug-likeness (QED) is 0.434. The zero-order valence-electron chi connectivity index (χ0n) is 14.6. The molecule has 1 aromatic carbocycles. The van der Waals surface area contributed by atoms with Crippen LogP contribution in [0.4, 0.5) is 14.0 Å². The van der Waals surface area contributed by atoms with E-state index >= 15 is 0 Å². The molecule has 0 saturated carbocycles. The molecule has 0 fully saturated rings. The maximum absolute atomic E-state index is 13.2. The third-order valence-electron chi connectivity index (χ3n) is 3.60. The average molecular weight is 564 g/mol. The molecule has 24 heavy (non-hydrogen) atoms. The Morgan fingerprint density at radius 2 is 1.25 bits per heavy atom. The number of hydrogen-bond donors (Lipinski definition) is 0. The van der Waals surface area contributed by atoms with E-state index < -0.39 is 41.8 Å². The molecular weight excluding hydrogens is 538 g/mol. The number of halogens is 1. The minimum absolute atomic E-state index is 0.0302. The van der Waals surface area contributed by atoms with Gasteiger partial charge >= 0.3 is 165 Å². The van der Waals surface area contributed by atoms with Crippen LogP contribution in [0, 0.1) is 5.82 Å². The second-order valence-corrected chi connectivity index (χ2v) is 13.9. The Labute approximate surface area is 164 Å². The van der Waals surface area contributed by atoms with Crippen LogP contribution in [0.5, 0.6) is 0 Å². The van der Waals surface area contributed by atoms with E-state index in [0.29, 0.717) is 26.2 Å². The fraction of sp³-hybridized carbons (Fsp3) is 0.529. The Kier molecular flexibility index (Phi) is 10.2. The van der Waals surface area contributed by atoms with E-state index in [1.807, 2.05) is 37.5 Å². The fourth-order valence-electron chi connectivity index (χ4n) is 2.08. The van der Waals surface area contributed by atoms with Gasteiger partial charge in [0.2, 0.25) is 0 Å². The number of nitrogens with zero attached hydrogens (tertiary/aromatic N) is 2. The Morgan fingerprint density at radius 1 is 0.875 bits per heavy atom. The predicted molar refractivity (Wildman–Crippen MR) is 97.3 cm³/mol. The fourth-order valence-corrected chi connectivity index (χ4v) is 11.3. The second kappa shape index (κ2) is 11.3. The number of carbonyl (C=O) groups is 2. The molecule has 0 aliphatic heterocycles. The van der Waals surface area contributed by atoms with E-state index in [1.165, 1.54) is 12.1 Å². The Bertz CT molecular complexity index is 506. The molecule has 0 radical (unpaired) electrons. The van der Waals surface area contributed by atoms with E-state index in [0.717, 1.165) is 5.56 Å². The first-order valence-corrected chi connectivity index (χ1v) is 13.1. The summed E-state index contributed by atoms with van der Waals surface area (Å²) in [5.41, 5.74) is 0.946. The molecule has 134 valence electrons. The number of rotatable bonds is 9. The SMILES string of the molecule is CCN(CC)C(=O)[Te]C([Te]C(=O)N(CC)CC)c1ccc(F)cc1. The summed E-state index contributed by atoms with van der Waals surface area (Å²) in [6.45, 7) is 10.7. The molecule has 0 bridgehead atoms. The van der Waals surface area contributed by atoms with Gasteiger partial charge in [-0.3, -0.25) is 0 Å². The van der Waals surface area contributed by atoms with Crippen molar-refractivity contribution in [3.05, 3.63) is 35.6 Å². The van der Waals surface area contributed by atoms with E-state index in [-0.39, 0.29) is 15.7 Å². The predicted octanol–water partition coefficient (Wildman–Crippen LogP) is 3.16. The van der Waals surface area contributed by atoms with Crippen molar-refractivity contribution in [1.82, 2.24) is 9.80 Å². The third-order valence-corrected chi connectivity index (χ3v) is 12.7. The molecule has 0 aliphatic rings. The van der Waals surface area contributed by atoms with Crippen LogP contribution in [-0.4, -0.2) is 85.7 Å². The molecular formula is C17H25FN2O2Te2. The van der Waals surface area contributed by atoms with Gasteiger partial charge in [-0.2, -0.15) is 0 Å². The molecule has 0 aliphatic carbocycles. The Hall–Kier alpha value is -0.331. The molecule has 1 rings (SSSR count). The maximum atomic E-state index is 13.2. The molecule has 0 saturated heterocycles. The number of amides is 2. The third kappa shape index (κ3) is 6.52. The normalized spacial score (nSPS) is 10.8. The molecule has 0 atom stereocenters. The summed E-state index contributed by atoms with van der Waals surface area (Å²) in [6, 6.07) is 6.32. The van der Waals surface area contributed by atoms with Crippen LogP contribution in [0.2, 0.25) is 0 Å². The first-order chi connectivity index (χ1) is 11.5. The summed E-state index contributed by atoms with van der Waals surface area (Å²) in [5.74, 6) is -0.288. The molecule has 7 heteroatoms. The van der Waals surface area contributed by atoms with Crippen molar-refractivity contribution in [2.75, 3.05) is 26.2 Å². The summed E-state index contributed by atoms with van der Waals surface area (Å²) >= 11 is -2.10. The van der Waals surface area contributed by atoms with Gasteiger partial charge in [-0.1, -0.05) is 0 Å². The van der Waals surface area contributed by atoms with Gasteiger partial charge in [0, 0.05) is 0 Å². The molecule has 4 nitrogen and oxygen atoms in total. The molecule has 1 aromatic rings. The van der Waals surface area contributed by atoms with Crippen molar-refractivity contribution in [3.63, 3.8) is 0 Å². The standard InChI is InChI=1S/C17H25FN2O2Te2/c1-5-19(6-2)16(21)23-15(13-9-11-14(18)12-10-13)24-17(22)20(7-3)8-4/h9-12,15H,5-8H2,1-4H3. The van der Waals surface area contributed by atoms with Crippen LogP contribution in [0.25, 0.3) is 0 Å². The summed E-state index contributed by atoms with van der Waals surface area (Å²) in [5, 5.41) is 0. The monoisotopic (exact) mass is 568 g/mol.